The summed E-state index contributed by atoms with van der Waals surface area (Å²) in [5.41, 5.74) is 2.12. The highest BCUT2D eigenvalue weighted by atomic mass is 16.5. The molecule has 0 saturated carbocycles. The molecule has 1 atom stereocenters. The Morgan fingerprint density at radius 3 is 2.66 bits per heavy atom. The van der Waals surface area contributed by atoms with Crippen molar-refractivity contribution < 1.29 is 9.84 Å². The molecule has 0 radical (unpaired) electrons. The van der Waals surface area contributed by atoms with Gasteiger partial charge in [-0.2, -0.15) is 0 Å². The first kappa shape index (κ1) is 21.6. The van der Waals surface area contributed by atoms with Gasteiger partial charge < -0.3 is 14.7 Å². The molecule has 0 spiro atoms. The summed E-state index contributed by atoms with van der Waals surface area (Å²) in [6, 6.07) is 8.07. The highest BCUT2D eigenvalue weighted by molar-refractivity contribution is 5.28. The number of ether oxygens (including phenoxy) is 1. The maximum absolute atomic E-state index is 10.4. The van der Waals surface area contributed by atoms with E-state index in [1.54, 1.807) is 18.6 Å². The van der Waals surface area contributed by atoms with Crippen molar-refractivity contribution in [3.63, 3.8) is 0 Å². The van der Waals surface area contributed by atoms with Gasteiger partial charge in [-0.15, -0.1) is 0 Å². The van der Waals surface area contributed by atoms with Gasteiger partial charge in [-0.3, -0.25) is 19.8 Å². The van der Waals surface area contributed by atoms with E-state index in [4.69, 9.17) is 4.74 Å². The van der Waals surface area contributed by atoms with E-state index in [0.717, 1.165) is 57.3 Å². The predicted molar refractivity (Wildman–Crippen MR) is 114 cm³/mol. The van der Waals surface area contributed by atoms with Crippen molar-refractivity contribution in [2.75, 3.05) is 52.9 Å². The topological polar surface area (TPSA) is 65.0 Å². The zero-order valence-corrected chi connectivity index (χ0v) is 17.6. The van der Waals surface area contributed by atoms with E-state index in [1.807, 2.05) is 18.2 Å². The van der Waals surface area contributed by atoms with Crippen molar-refractivity contribution in [2.24, 2.45) is 0 Å². The molecule has 0 unspecified atom stereocenters. The smallest absolute Gasteiger partial charge is 0.119 e. The van der Waals surface area contributed by atoms with Crippen LogP contribution in [-0.2, 0) is 13.1 Å². The number of β-amino-alcohol motifs (C(OH)–C–C–N with tert-alkyl or cyclic N) is 1. The average molecular weight is 400 g/mol. The van der Waals surface area contributed by atoms with Crippen LogP contribution in [0.15, 0.2) is 42.9 Å². The molecule has 7 heteroatoms. The molecule has 158 valence electrons. The molecule has 1 aromatic heterocycles. The first-order chi connectivity index (χ1) is 14.1. The van der Waals surface area contributed by atoms with Crippen molar-refractivity contribution in [1.82, 2.24) is 24.7 Å². The predicted octanol–water partition coefficient (Wildman–Crippen LogP) is 1.49. The second-order valence-corrected chi connectivity index (χ2v) is 7.72. The summed E-state index contributed by atoms with van der Waals surface area (Å²) in [6.07, 6.45) is 4.71. The summed E-state index contributed by atoms with van der Waals surface area (Å²) in [7, 11) is 2.06. The largest absolute Gasteiger partial charge is 0.491 e. The van der Waals surface area contributed by atoms with Gasteiger partial charge in [-0.05, 0) is 31.3 Å². The molecular weight excluding hydrogens is 366 g/mol. The number of piperazine rings is 1. The van der Waals surface area contributed by atoms with E-state index in [9.17, 15) is 5.11 Å². The molecule has 29 heavy (non-hydrogen) atoms. The third-order valence-corrected chi connectivity index (χ3v) is 5.22. The number of benzene rings is 1. The van der Waals surface area contributed by atoms with Crippen LogP contribution in [0.2, 0.25) is 0 Å². The summed E-state index contributed by atoms with van der Waals surface area (Å²) in [4.78, 5) is 15.4. The standard InChI is InChI=1S/C22H33N5O2/c1-3-26-9-11-27(12-10-26)17-21(28)18-29-22-6-4-5-19(13-22)15-25(2)16-20-14-23-7-8-24-20/h4-8,13-14,21,28H,3,9-12,15-18H2,1-2H3/t21-/m0/s1. The van der Waals surface area contributed by atoms with Crippen molar-refractivity contribution in [1.29, 1.82) is 0 Å². The van der Waals surface area contributed by atoms with Crippen molar-refractivity contribution in [3.8, 4) is 5.75 Å². The Morgan fingerprint density at radius 1 is 1.14 bits per heavy atom. The zero-order valence-electron chi connectivity index (χ0n) is 17.6. The number of hydrogen-bond acceptors (Lipinski definition) is 7. The third kappa shape index (κ3) is 7.36. The normalized spacial score (nSPS) is 16.8. The van der Waals surface area contributed by atoms with E-state index in [0.29, 0.717) is 13.2 Å². The van der Waals surface area contributed by atoms with Crippen LogP contribution in [0.4, 0.5) is 0 Å². The van der Waals surface area contributed by atoms with E-state index < -0.39 is 6.10 Å². The van der Waals surface area contributed by atoms with Gasteiger partial charge in [0.25, 0.3) is 0 Å². The van der Waals surface area contributed by atoms with Gasteiger partial charge in [0.15, 0.2) is 0 Å². The fourth-order valence-electron chi connectivity index (χ4n) is 3.62. The fraction of sp³-hybridized carbons (Fsp3) is 0.545. The van der Waals surface area contributed by atoms with Crippen molar-refractivity contribution in [3.05, 3.63) is 54.1 Å². The van der Waals surface area contributed by atoms with Crippen LogP contribution in [0.25, 0.3) is 0 Å². The second kappa shape index (κ2) is 11.2. The number of aliphatic hydroxyl groups excluding tert-OH is 1. The molecule has 1 saturated heterocycles. The van der Waals surface area contributed by atoms with Crippen LogP contribution >= 0.6 is 0 Å². The van der Waals surface area contributed by atoms with Crippen LogP contribution in [0, 0.1) is 0 Å². The highest BCUT2D eigenvalue weighted by Gasteiger charge is 2.18. The molecule has 0 amide bonds. The Labute approximate surface area is 173 Å². The Balaban J connectivity index is 1.42. The molecule has 7 nitrogen and oxygen atoms in total. The quantitative estimate of drug-likeness (QED) is 0.649. The van der Waals surface area contributed by atoms with E-state index >= 15 is 0 Å². The molecule has 1 aromatic carbocycles. The van der Waals surface area contributed by atoms with Crippen LogP contribution in [0.1, 0.15) is 18.2 Å². The Kier molecular flexibility index (Phi) is 8.37. The summed E-state index contributed by atoms with van der Waals surface area (Å²) >= 11 is 0. The van der Waals surface area contributed by atoms with Gasteiger partial charge in [0.2, 0.25) is 0 Å². The monoisotopic (exact) mass is 399 g/mol. The van der Waals surface area contributed by atoms with Crippen LogP contribution < -0.4 is 4.74 Å². The maximum atomic E-state index is 10.4. The minimum atomic E-state index is -0.480. The molecule has 1 aliphatic heterocycles. The lowest BCUT2D eigenvalue weighted by molar-refractivity contribution is 0.0470. The summed E-state index contributed by atoms with van der Waals surface area (Å²) in [6.45, 7) is 9.98. The lowest BCUT2D eigenvalue weighted by Crippen LogP contribution is -2.49. The van der Waals surface area contributed by atoms with Gasteiger partial charge in [-0.25, -0.2) is 0 Å². The summed E-state index contributed by atoms with van der Waals surface area (Å²) in [5, 5.41) is 10.4. The van der Waals surface area contributed by atoms with Crippen LogP contribution in [-0.4, -0.2) is 88.8 Å². The molecule has 3 rings (SSSR count). The summed E-state index contributed by atoms with van der Waals surface area (Å²) < 4.78 is 5.86. The molecule has 1 N–H and O–H groups in total. The molecule has 2 aromatic rings. The Hall–Kier alpha value is -2.06. The van der Waals surface area contributed by atoms with Gasteiger partial charge in [0, 0.05) is 64.4 Å². The Bertz CT molecular complexity index is 722. The number of rotatable bonds is 10. The van der Waals surface area contributed by atoms with Crippen molar-refractivity contribution >= 4 is 0 Å². The van der Waals surface area contributed by atoms with Gasteiger partial charge in [-0.1, -0.05) is 19.1 Å². The highest BCUT2D eigenvalue weighted by Crippen LogP contribution is 2.16. The van der Waals surface area contributed by atoms with Gasteiger partial charge in [0.05, 0.1) is 5.69 Å². The minimum Gasteiger partial charge on any atom is -0.491 e. The van der Waals surface area contributed by atoms with Crippen LogP contribution in [0.5, 0.6) is 5.75 Å². The SMILES string of the molecule is CCN1CCN(C[C@H](O)COc2cccc(CN(C)Cc3cnccn3)c2)CC1. The van der Waals surface area contributed by atoms with E-state index in [1.165, 1.54) is 5.56 Å². The lowest BCUT2D eigenvalue weighted by Gasteiger charge is -2.34. The summed E-state index contributed by atoms with van der Waals surface area (Å²) in [5.74, 6) is 0.797. The van der Waals surface area contributed by atoms with E-state index in [2.05, 4.69) is 44.7 Å². The van der Waals surface area contributed by atoms with Gasteiger partial charge >= 0.3 is 0 Å². The number of aromatic nitrogens is 2. The molecule has 0 aliphatic carbocycles. The number of hydrogen-bond donors (Lipinski definition) is 1. The number of nitrogens with zero attached hydrogens (tertiary/aromatic N) is 5. The number of likely N-dealkylation sites (N-methyl/N-ethyl adjacent to an activating group) is 1. The minimum absolute atomic E-state index is 0.312. The second-order valence-electron chi connectivity index (χ2n) is 7.72. The first-order valence-corrected chi connectivity index (χ1v) is 10.4. The fourth-order valence-corrected chi connectivity index (χ4v) is 3.62. The third-order valence-electron chi connectivity index (χ3n) is 5.22. The van der Waals surface area contributed by atoms with Crippen molar-refractivity contribution in [2.45, 2.75) is 26.1 Å². The molecule has 2 heterocycles. The zero-order chi connectivity index (χ0) is 20.5. The first-order valence-electron chi connectivity index (χ1n) is 10.4. The Morgan fingerprint density at radius 2 is 1.93 bits per heavy atom. The maximum Gasteiger partial charge on any atom is 0.119 e. The van der Waals surface area contributed by atoms with Gasteiger partial charge in [0.1, 0.15) is 18.5 Å². The van der Waals surface area contributed by atoms with E-state index in [-0.39, 0.29) is 0 Å². The van der Waals surface area contributed by atoms with Crippen LogP contribution in [0.3, 0.4) is 0 Å². The molecular formula is C22H33N5O2. The lowest BCUT2D eigenvalue weighted by atomic mass is 10.2. The average Bonchev–Trinajstić information content (AvgIpc) is 2.74. The molecule has 1 aliphatic rings. The number of aliphatic hydroxyl groups is 1. The molecule has 0 bridgehead atoms. The molecule has 1 fully saturated rings.